The van der Waals surface area contributed by atoms with Gasteiger partial charge in [-0.3, -0.25) is 4.90 Å². The maximum absolute atomic E-state index is 11.4. The lowest BCUT2D eigenvalue weighted by Crippen LogP contribution is -2.47. The molecule has 2 amide bonds. The van der Waals surface area contributed by atoms with Gasteiger partial charge in [0.05, 0.1) is 17.8 Å². The van der Waals surface area contributed by atoms with Gasteiger partial charge in [0.15, 0.2) is 0 Å². The molecule has 1 aliphatic carbocycles. The van der Waals surface area contributed by atoms with Crippen molar-refractivity contribution in [3.05, 3.63) is 22.2 Å². The summed E-state index contributed by atoms with van der Waals surface area (Å²) in [6.07, 6.45) is 5.82. The van der Waals surface area contributed by atoms with Gasteiger partial charge in [0.25, 0.3) is 0 Å². The van der Waals surface area contributed by atoms with Gasteiger partial charge in [-0.25, -0.2) is 4.79 Å². The molecule has 1 aliphatic heterocycles. The van der Waals surface area contributed by atoms with Crippen LogP contribution >= 0.6 is 23.2 Å². The molecule has 1 saturated carbocycles. The molecule has 6 nitrogen and oxygen atoms in total. The van der Waals surface area contributed by atoms with E-state index in [1.165, 1.54) is 19.3 Å². The largest absolute Gasteiger partial charge is 0.495 e. The van der Waals surface area contributed by atoms with Crippen molar-refractivity contribution in [2.45, 2.75) is 38.1 Å². The topological polar surface area (TPSA) is 56.8 Å². The minimum atomic E-state index is -0.0652. The van der Waals surface area contributed by atoms with E-state index in [1.807, 2.05) is 12.1 Å². The van der Waals surface area contributed by atoms with Crippen LogP contribution in [-0.2, 0) is 0 Å². The Morgan fingerprint density at radius 1 is 1.10 bits per heavy atom. The number of urea groups is 1. The lowest BCUT2D eigenvalue weighted by Gasteiger charge is -2.37. The number of nitrogens with one attached hydrogen (secondary N) is 2. The van der Waals surface area contributed by atoms with Crippen LogP contribution in [-0.4, -0.2) is 63.9 Å². The van der Waals surface area contributed by atoms with Gasteiger partial charge in [0, 0.05) is 39.3 Å². The Morgan fingerprint density at radius 3 is 2.41 bits per heavy atom. The predicted molar refractivity (Wildman–Crippen MR) is 120 cm³/mol. The number of anilines is 1. The molecular formula is C21H32Cl2N4O2. The number of carbonyl (C=O) groups is 1. The van der Waals surface area contributed by atoms with Crippen LogP contribution in [0.4, 0.5) is 10.5 Å². The van der Waals surface area contributed by atoms with Crippen LogP contribution in [0.2, 0.25) is 10.0 Å². The minimum absolute atomic E-state index is 0.0652. The third kappa shape index (κ3) is 5.83. The van der Waals surface area contributed by atoms with Gasteiger partial charge < -0.3 is 20.3 Å². The maximum atomic E-state index is 11.4. The van der Waals surface area contributed by atoms with E-state index in [0.717, 1.165) is 57.2 Å². The van der Waals surface area contributed by atoms with Crippen LogP contribution in [0.5, 0.6) is 5.75 Å². The third-order valence-electron chi connectivity index (χ3n) is 6.22. The highest BCUT2D eigenvalue weighted by Crippen LogP contribution is 2.39. The quantitative estimate of drug-likeness (QED) is 0.698. The monoisotopic (exact) mass is 442 g/mol. The second-order valence-electron chi connectivity index (χ2n) is 7.97. The molecule has 2 N–H and O–H groups in total. The molecule has 1 aromatic carbocycles. The fraction of sp³-hybridized carbons (Fsp3) is 0.667. The molecule has 3 rings (SSSR count). The normalized spacial score (nSPS) is 23.0. The molecule has 0 radical (unpaired) electrons. The number of amides is 2. The molecule has 1 aromatic rings. The van der Waals surface area contributed by atoms with Crippen molar-refractivity contribution < 1.29 is 9.53 Å². The molecule has 0 bridgehead atoms. The number of hydrogen-bond acceptors (Lipinski definition) is 4. The average molecular weight is 443 g/mol. The molecule has 29 heavy (non-hydrogen) atoms. The summed E-state index contributed by atoms with van der Waals surface area (Å²) in [5.74, 6) is 1.38. The molecule has 0 atom stereocenters. The standard InChI is InChI=1S/C21H32Cl2N4O2/c1-24-21(28)25-16-5-3-15(4-6-16)9-10-26-11-13-27(14-12-26)17-7-8-18(29-2)20(23)19(17)22/h7-8,15-16H,3-6,9-14H2,1-2H3,(H2,24,25,28). The summed E-state index contributed by atoms with van der Waals surface area (Å²) in [5.41, 5.74) is 0.985. The highest BCUT2D eigenvalue weighted by molar-refractivity contribution is 6.44. The van der Waals surface area contributed by atoms with Crippen molar-refractivity contribution in [2.75, 3.05) is 51.8 Å². The summed E-state index contributed by atoms with van der Waals surface area (Å²) in [4.78, 5) is 16.3. The van der Waals surface area contributed by atoms with Gasteiger partial charge in [-0.05, 0) is 56.7 Å². The first-order valence-electron chi connectivity index (χ1n) is 10.5. The summed E-state index contributed by atoms with van der Waals surface area (Å²) in [7, 11) is 3.26. The van der Waals surface area contributed by atoms with Crippen molar-refractivity contribution >= 4 is 34.9 Å². The van der Waals surface area contributed by atoms with Crippen molar-refractivity contribution in [2.24, 2.45) is 5.92 Å². The first kappa shape index (κ1) is 22.3. The molecule has 0 spiro atoms. The minimum Gasteiger partial charge on any atom is -0.495 e. The zero-order valence-electron chi connectivity index (χ0n) is 17.3. The Morgan fingerprint density at radius 2 is 1.79 bits per heavy atom. The number of nitrogens with zero attached hydrogens (tertiary/aromatic N) is 2. The highest BCUT2D eigenvalue weighted by atomic mass is 35.5. The Labute approximate surface area is 183 Å². The van der Waals surface area contributed by atoms with E-state index in [0.29, 0.717) is 21.8 Å². The van der Waals surface area contributed by atoms with E-state index in [9.17, 15) is 4.79 Å². The van der Waals surface area contributed by atoms with Crippen molar-refractivity contribution in [1.29, 1.82) is 0 Å². The highest BCUT2D eigenvalue weighted by Gasteiger charge is 2.24. The molecular weight excluding hydrogens is 411 g/mol. The van der Waals surface area contributed by atoms with E-state index in [-0.39, 0.29) is 6.03 Å². The van der Waals surface area contributed by atoms with E-state index in [4.69, 9.17) is 27.9 Å². The van der Waals surface area contributed by atoms with Crippen LogP contribution < -0.4 is 20.3 Å². The molecule has 1 saturated heterocycles. The van der Waals surface area contributed by atoms with Crippen LogP contribution in [0.1, 0.15) is 32.1 Å². The number of halogens is 2. The van der Waals surface area contributed by atoms with Crippen LogP contribution in [0.25, 0.3) is 0 Å². The van der Waals surface area contributed by atoms with Gasteiger partial charge in [0.2, 0.25) is 0 Å². The van der Waals surface area contributed by atoms with E-state index in [1.54, 1.807) is 14.2 Å². The summed E-state index contributed by atoms with van der Waals surface area (Å²) in [6.45, 7) is 5.11. The van der Waals surface area contributed by atoms with Crippen molar-refractivity contribution in [3.63, 3.8) is 0 Å². The summed E-state index contributed by atoms with van der Waals surface area (Å²) >= 11 is 12.8. The molecule has 162 valence electrons. The lowest BCUT2D eigenvalue weighted by molar-refractivity contribution is 0.206. The number of rotatable bonds is 6. The Balaban J connectivity index is 1.40. The number of methoxy groups -OCH3 is 1. The third-order valence-corrected chi connectivity index (χ3v) is 7.08. The lowest BCUT2D eigenvalue weighted by atomic mass is 9.84. The SMILES string of the molecule is CNC(=O)NC1CCC(CCN2CCN(c3ccc(OC)c(Cl)c3Cl)CC2)CC1. The average Bonchev–Trinajstić information content (AvgIpc) is 2.75. The Bertz CT molecular complexity index is 688. The molecule has 8 heteroatoms. The first-order valence-corrected chi connectivity index (χ1v) is 11.2. The molecule has 1 heterocycles. The Kier molecular flexibility index (Phi) is 8.16. The smallest absolute Gasteiger partial charge is 0.314 e. The number of carbonyl (C=O) groups excluding carboxylic acids is 1. The zero-order chi connectivity index (χ0) is 20.8. The fourth-order valence-corrected chi connectivity index (χ4v) is 4.87. The fourth-order valence-electron chi connectivity index (χ4n) is 4.35. The summed E-state index contributed by atoms with van der Waals surface area (Å²) < 4.78 is 5.24. The Hall–Kier alpha value is -1.37. The van der Waals surface area contributed by atoms with Gasteiger partial charge in [-0.2, -0.15) is 0 Å². The van der Waals surface area contributed by atoms with Gasteiger partial charge in [-0.15, -0.1) is 0 Å². The summed E-state index contributed by atoms with van der Waals surface area (Å²) in [5, 5.41) is 6.73. The maximum Gasteiger partial charge on any atom is 0.314 e. The van der Waals surface area contributed by atoms with Gasteiger partial charge in [0.1, 0.15) is 10.8 Å². The number of hydrogen-bond donors (Lipinski definition) is 2. The van der Waals surface area contributed by atoms with Gasteiger partial charge in [-0.1, -0.05) is 23.2 Å². The van der Waals surface area contributed by atoms with Gasteiger partial charge >= 0.3 is 6.03 Å². The van der Waals surface area contributed by atoms with Crippen molar-refractivity contribution in [3.8, 4) is 5.75 Å². The second kappa shape index (κ2) is 10.6. The second-order valence-corrected chi connectivity index (χ2v) is 8.73. The molecule has 2 aliphatic rings. The van der Waals surface area contributed by atoms with E-state index >= 15 is 0 Å². The molecule has 2 fully saturated rings. The number of ether oxygens (including phenoxy) is 1. The predicted octanol–water partition coefficient (Wildman–Crippen LogP) is 4.00. The number of benzene rings is 1. The van der Waals surface area contributed by atoms with E-state index < -0.39 is 0 Å². The van der Waals surface area contributed by atoms with Crippen molar-refractivity contribution in [1.82, 2.24) is 15.5 Å². The number of piperazine rings is 1. The first-order chi connectivity index (χ1) is 14.0. The van der Waals surface area contributed by atoms with Crippen LogP contribution in [0.15, 0.2) is 12.1 Å². The zero-order valence-corrected chi connectivity index (χ0v) is 18.9. The molecule has 0 unspecified atom stereocenters. The molecule has 0 aromatic heterocycles. The van der Waals surface area contributed by atoms with E-state index in [2.05, 4.69) is 20.4 Å². The van der Waals surface area contributed by atoms with Crippen LogP contribution in [0.3, 0.4) is 0 Å². The summed E-state index contributed by atoms with van der Waals surface area (Å²) in [6, 6.07) is 4.14. The van der Waals surface area contributed by atoms with Crippen LogP contribution in [0, 0.1) is 5.92 Å².